The Morgan fingerprint density at radius 2 is 2.15 bits per heavy atom. The van der Waals surface area contributed by atoms with E-state index in [1.165, 1.54) is 47.9 Å². The average Bonchev–Trinajstić information content (AvgIpc) is 2.89. The van der Waals surface area contributed by atoms with Crippen molar-refractivity contribution < 1.29 is 4.74 Å². The van der Waals surface area contributed by atoms with Crippen LogP contribution in [-0.2, 0) is 11.2 Å². The monoisotopic (exact) mass is 359 g/mol. The molecule has 1 atom stereocenters. The second kappa shape index (κ2) is 7.92. The van der Waals surface area contributed by atoms with Crippen LogP contribution in [0, 0.1) is 0 Å². The predicted molar refractivity (Wildman–Crippen MR) is 90.6 cm³/mol. The number of hydrogen-bond acceptors (Lipinski definition) is 3. The van der Waals surface area contributed by atoms with E-state index in [1.54, 1.807) is 0 Å². The largest absolute Gasteiger partial charge is 0.377 e. The van der Waals surface area contributed by atoms with Crippen LogP contribution in [0.15, 0.2) is 15.9 Å². The zero-order valence-electron chi connectivity index (χ0n) is 12.6. The number of nitrogens with one attached hydrogen (secondary N) is 1. The zero-order chi connectivity index (χ0) is 14.4. The van der Waals surface area contributed by atoms with Gasteiger partial charge in [0.25, 0.3) is 0 Å². The molecule has 0 bridgehead atoms. The molecule has 2 rings (SSSR count). The van der Waals surface area contributed by atoms with E-state index in [0.29, 0.717) is 6.04 Å². The highest BCUT2D eigenvalue weighted by Crippen LogP contribution is 2.36. The van der Waals surface area contributed by atoms with E-state index in [-0.39, 0.29) is 5.60 Å². The Morgan fingerprint density at radius 3 is 2.70 bits per heavy atom. The molecule has 0 aliphatic heterocycles. The van der Waals surface area contributed by atoms with Crippen molar-refractivity contribution in [3.05, 3.63) is 20.8 Å². The Morgan fingerprint density at radius 1 is 1.40 bits per heavy atom. The quantitative estimate of drug-likeness (QED) is 0.756. The first-order valence-corrected chi connectivity index (χ1v) is 9.39. The van der Waals surface area contributed by atoms with E-state index in [4.69, 9.17) is 4.74 Å². The number of methoxy groups -OCH3 is 1. The van der Waals surface area contributed by atoms with Crippen LogP contribution in [0.1, 0.15) is 50.3 Å². The van der Waals surface area contributed by atoms with Crippen LogP contribution in [0.3, 0.4) is 0 Å². The molecule has 1 aromatic rings. The molecule has 0 saturated heterocycles. The van der Waals surface area contributed by atoms with E-state index in [2.05, 4.69) is 39.6 Å². The second-order valence-corrected chi connectivity index (χ2v) is 7.68. The van der Waals surface area contributed by atoms with Gasteiger partial charge in [-0.3, -0.25) is 0 Å². The SMILES string of the molecule is CCCNC(Cc1cc(Br)cs1)C1(OC)CCCCC1. The Bertz CT molecular complexity index is 401. The summed E-state index contributed by atoms with van der Waals surface area (Å²) in [4.78, 5) is 1.44. The first kappa shape index (κ1) is 16.5. The van der Waals surface area contributed by atoms with Gasteiger partial charge >= 0.3 is 0 Å². The third kappa shape index (κ3) is 4.06. The molecule has 1 fully saturated rings. The van der Waals surface area contributed by atoms with Crippen molar-refractivity contribution in [2.24, 2.45) is 0 Å². The fourth-order valence-corrected chi connectivity index (χ4v) is 4.77. The number of rotatable bonds is 7. The molecule has 0 spiro atoms. The Hall–Kier alpha value is 0.1000. The maximum absolute atomic E-state index is 6.05. The van der Waals surface area contributed by atoms with Crippen LogP contribution in [0.2, 0.25) is 0 Å². The molecular weight excluding hydrogens is 334 g/mol. The van der Waals surface area contributed by atoms with E-state index in [9.17, 15) is 0 Å². The topological polar surface area (TPSA) is 21.3 Å². The minimum absolute atomic E-state index is 0.0316. The average molecular weight is 360 g/mol. The van der Waals surface area contributed by atoms with Gasteiger partial charge in [0.2, 0.25) is 0 Å². The zero-order valence-corrected chi connectivity index (χ0v) is 15.0. The Balaban J connectivity index is 2.11. The molecule has 1 heterocycles. The third-order valence-electron chi connectivity index (χ3n) is 4.41. The summed E-state index contributed by atoms with van der Waals surface area (Å²) in [5.41, 5.74) is 0.0316. The highest BCUT2D eigenvalue weighted by molar-refractivity contribution is 9.10. The maximum Gasteiger partial charge on any atom is 0.0834 e. The lowest BCUT2D eigenvalue weighted by molar-refractivity contribution is -0.0670. The summed E-state index contributed by atoms with van der Waals surface area (Å²) in [6, 6.07) is 2.68. The summed E-state index contributed by atoms with van der Waals surface area (Å²) >= 11 is 5.40. The van der Waals surface area contributed by atoms with Crippen LogP contribution in [-0.4, -0.2) is 25.3 Å². The van der Waals surface area contributed by atoms with E-state index in [1.807, 2.05) is 18.4 Å². The maximum atomic E-state index is 6.05. The minimum atomic E-state index is 0.0316. The first-order valence-electron chi connectivity index (χ1n) is 7.71. The molecule has 114 valence electrons. The van der Waals surface area contributed by atoms with Crippen LogP contribution < -0.4 is 5.32 Å². The van der Waals surface area contributed by atoms with Crippen LogP contribution in [0.5, 0.6) is 0 Å². The molecule has 1 aliphatic rings. The van der Waals surface area contributed by atoms with Gasteiger partial charge in [-0.15, -0.1) is 11.3 Å². The number of thiophene rings is 1. The third-order valence-corrected chi connectivity index (χ3v) is 6.13. The van der Waals surface area contributed by atoms with E-state index < -0.39 is 0 Å². The van der Waals surface area contributed by atoms with Gasteiger partial charge in [-0.1, -0.05) is 26.2 Å². The van der Waals surface area contributed by atoms with Crippen LogP contribution in [0.25, 0.3) is 0 Å². The molecule has 1 saturated carbocycles. The smallest absolute Gasteiger partial charge is 0.0834 e. The van der Waals surface area contributed by atoms with Gasteiger partial charge in [0.05, 0.1) is 5.60 Å². The van der Waals surface area contributed by atoms with Crippen LogP contribution >= 0.6 is 27.3 Å². The number of halogens is 1. The number of ether oxygens (including phenoxy) is 1. The van der Waals surface area contributed by atoms with Crippen molar-refractivity contribution in [3.63, 3.8) is 0 Å². The molecule has 0 amide bonds. The van der Waals surface area contributed by atoms with Crippen LogP contribution in [0.4, 0.5) is 0 Å². The molecule has 4 heteroatoms. The summed E-state index contributed by atoms with van der Waals surface area (Å²) in [5.74, 6) is 0. The lowest BCUT2D eigenvalue weighted by Gasteiger charge is -2.43. The second-order valence-electron chi connectivity index (χ2n) is 5.77. The molecule has 1 aromatic heterocycles. The van der Waals surface area contributed by atoms with Crippen molar-refractivity contribution in [3.8, 4) is 0 Å². The van der Waals surface area contributed by atoms with Gasteiger partial charge in [0, 0.05) is 27.9 Å². The first-order chi connectivity index (χ1) is 9.70. The summed E-state index contributed by atoms with van der Waals surface area (Å²) in [6.45, 7) is 3.30. The summed E-state index contributed by atoms with van der Waals surface area (Å²) in [7, 11) is 1.90. The molecule has 2 nitrogen and oxygen atoms in total. The van der Waals surface area contributed by atoms with Crippen molar-refractivity contribution in [2.75, 3.05) is 13.7 Å². The lowest BCUT2D eigenvalue weighted by Crippen LogP contribution is -2.54. The highest BCUT2D eigenvalue weighted by atomic mass is 79.9. The highest BCUT2D eigenvalue weighted by Gasteiger charge is 2.39. The lowest BCUT2D eigenvalue weighted by atomic mass is 9.77. The molecule has 20 heavy (non-hydrogen) atoms. The Kier molecular flexibility index (Phi) is 6.53. The molecular formula is C16H26BrNOS. The van der Waals surface area contributed by atoms with Gasteiger partial charge in [0.15, 0.2) is 0 Å². The van der Waals surface area contributed by atoms with Gasteiger partial charge in [-0.25, -0.2) is 0 Å². The van der Waals surface area contributed by atoms with Gasteiger partial charge < -0.3 is 10.1 Å². The molecule has 1 unspecified atom stereocenters. The fraction of sp³-hybridized carbons (Fsp3) is 0.750. The summed E-state index contributed by atoms with van der Waals surface area (Å²) in [5, 5.41) is 5.93. The van der Waals surface area contributed by atoms with Gasteiger partial charge in [-0.2, -0.15) is 0 Å². The Labute approximate surface area is 135 Å². The van der Waals surface area contributed by atoms with Gasteiger partial charge in [-0.05, 0) is 54.2 Å². The summed E-state index contributed by atoms with van der Waals surface area (Å²) < 4.78 is 7.24. The van der Waals surface area contributed by atoms with Crippen molar-refractivity contribution in [1.82, 2.24) is 5.32 Å². The van der Waals surface area contributed by atoms with Crippen molar-refractivity contribution >= 4 is 27.3 Å². The van der Waals surface area contributed by atoms with E-state index in [0.717, 1.165) is 13.0 Å². The normalized spacial score (nSPS) is 19.9. The minimum Gasteiger partial charge on any atom is -0.377 e. The van der Waals surface area contributed by atoms with E-state index >= 15 is 0 Å². The van der Waals surface area contributed by atoms with Crippen molar-refractivity contribution in [2.45, 2.75) is 63.5 Å². The van der Waals surface area contributed by atoms with Crippen molar-refractivity contribution in [1.29, 1.82) is 0 Å². The number of hydrogen-bond donors (Lipinski definition) is 1. The molecule has 0 radical (unpaired) electrons. The predicted octanol–water partition coefficient (Wildman–Crippen LogP) is 4.77. The molecule has 1 N–H and O–H groups in total. The fourth-order valence-electron chi connectivity index (χ4n) is 3.27. The summed E-state index contributed by atoms with van der Waals surface area (Å²) in [6.07, 6.45) is 8.58. The molecule has 1 aliphatic carbocycles. The standard InChI is InChI=1S/C16H26BrNOS/c1-3-9-18-15(11-14-10-13(17)12-20-14)16(19-2)7-5-4-6-8-16/h10,12,15,18H,3-9,11H2,1-2H3. The molecule has 0 aromatic carbocycles. The van der Waals surface area contributed by atoms with Gasteiger partial charge in [0.1, 0.15) is 0 Å².